The molecule has 1 aliphatic rings. The minimum atomic E-state index is 0.622. The summed E-state index contributed by atoms with van der Waals surface area (Å²) in [5.74, 6) is 0. The van der Waals surface area contributed by atoms with E-state index in [-0.39, 0.29) is 0 Å². The van der Waals surface area contributed by atoms with Crippen molar-refractivity contribution in [3.8, 4) is 0 Å². The van der Waals surface area contributed by atoms with Crippen molar-refractivity contribution in [2.75, 3.05) is 5.32 Å². The van der Waals surface area contributed by atoms with E-state index in [1.807, 2.05) is 0 Å². The van der Waals surface area contributed by atoms with Crippen molar-refractivity contribution in [3.05, 3.63) is 52.2 Å². The Kier molecular flexibility index (Phi) is 2.66. The van der Waals surface area contributed by atoms with Gasteiger partial charge in [-0.1, -0.05) is 18.2 Å². The van der Waals surface area contributed by atoms with Gasteiger partial charge in [0.05, 0.1) is 0 Å². The molecule has 1 aromatic carbocycles. The highest BCUT2D eigenvalue weighted by Gasteiger charge is 2.19. The molecule has 1 N–H and O–H groups in total. The first kappa shape index (κ1) is 9.91. The molecule has 0 amide bonds. The predicted molar refractivity (Wildman–Crippen MR) is 70.2 cm³/mol. The molecule has 1 unspecified atom stereocenters. The lowest BCUT2D eigenvalue weighted by molar-refractivity contribution is 0.675. The maximum atomic E-state index is 3.60. The molecule has 0 spiro atoms. The largest absolute Gasteiger partial charge is 0.382 e. The van der Waals surface area contributed by atoms with Crippen LogP contribution >= 0.6 is 11.3 Å². The fourth-order valence-corrected chi connectivity index (χ4v) is 3.03. The number of anilines is 1. The van der Waals surface area contributed by atoms with Gasteiger partial charge >= 0.3 is 0 Å². The molecule has 2 heteroatoms. The molecule has 16 heavy (non-hydrogen) atoms. The molecule has 1 aromatic heterocycles. The van der Waals surface area contributed by atoms with Crippen LogP contribution in [0.2, 0.25) is 0 Å². The zero-order valence-electron chi connectivity index (χ0n) is 9.15. The lowest BCUT2D eigenvalue weighted by atomic mass is 10.0. The minimum Gasteiger partial charge on any atom is -0.382 e. The van der Waals surface area contributed by atoms with Crippen molar-refractivity contribution < 1.29 is 0 Å². The van der Waals surface area contributed by atoms with Crippen LogP contribution in [0.1, 0.15) is 17.5 Å². The van der Waals surface area contributed by atoms with Crippen LogP contribution in [0.4, 0.5) is 5.69 Å². The van der Waals surface area contributed by atoms with Crippen molar-refractivity contribution in [2.45, 2.75) is 25.3 Å². The number of para-hydroxylation sites is 1. The van der Waals surface area contributed by atoms with Gasteiger partial charge in [0.25, 0.3) is 0 Å². The molecule has 0 radical (unpaired) electrons. The van der Waals surface area contributed by atoms with Gasteiger partial charge in [-0.3, -0.25) is 0 Å². The molecule has 0 saturated heterocycles. The maximum Gasteiger partial charge on any atom is 0.0375 e. The van der Waals surface area contributed by atoms with E-state index in [1.54, 1.807) is 11.3 Å². The second-order valence-electron chi connectivity index (χ2n) is 4.37. The van der Waals surface area contributed by atoms with Crippen LogP contribution in [0.25, 0.3) is 0 Å². The normalized spacial score (nSPS) is 18.1. The number of benzene rings is 1. The lowest BCUT2D eigenvalue weighted by Crippen LogP contribution is -2.15. The van der Waals surface area contributed by atoms with Gasteiger partial charge in [-0.05, 0) is 53.3 Å². The topological polar surface area (TPSA) is 12.0 Å². The van der Waals surface area contributed by atoms with Gasteiger partial charge in [0, 0.05) is 11.7 Å². The predicted octanol–water partition coefficient (Wildman–Crippen LogP) is 3.72. The first-order chi connectivity index (χ1) is 7.92. The van der Waals surface area contributed by atoms with Crippen LogP contribution in [0.5, 0.6) is 0 Å². The number of thiophene rings is 1. The van der Waals surface area contributed by atoms with E-state index < -0.39 is 0 Å². The van der Waals surface area contributed by atoms with Crippen LogP contribution in [0.15, 0.2) is 41.1 Å². The van der Waals surface area contributed by atoms with Crippen LogP contribution in [-0.2, 0) is 12.8 Å². The van der Waals surface area contributed by atoms with Gasteiger partial charge in [-0.15, -0.1) is 0 Å². The number of hydrogen-bond acceptors (Lipinski definition) is 2. The highest BCUT2D eigenvalue weighted by Crippen LogP contribution is 2.27. The van der Waals surface area contributed by atoms with Crippen molar-refractivity contribution in [1.82, 2.24) is 0 Å². The van der Waals surface area contributed by atoms with E-state index in [2.05, 4.69) is 46.4 Å². The summed E-state index contributed by atoms with van der Waals surface area (Å²) in [5, 5.41) is 8.01. The molecule has 2 heterocycles. The quantitative estimate of drug-likeness (QED) is 0.846. The minimum absolute atomic E-state index is 0.622. The van der Waals surface area contributed by atoms with E-state index >= 15 is 0 Å². The Morgan fingerprint density at radius 2 is 2.19 bits per heavy atom. The molecule has 0 bridgehead atoms. The smallest absolute Gasteiger partial charge is 0.0375 e. The number of aryl methyl sites for hydroxylation is 1. The van der Waals surface area contributed by atoms with Crippen LogP contribution in [0.3, 0.4) is 0 Å². The third-order valence-electron chi connectivity index (χ3n) is 3.20. The summed E-state index contributed by atoms with van der Waals surface area (Å²) < 4.78 is 0. The Hall–Kier alpha value is -1.28. The summed E-state index contributed by atoms with van der Waals surface area (Å²) in [5.41, 5.74) is 4.28. The Morgan fingerprint density at radius 1 is 1.25 bits per heavy atom. The second kappa shape index (κ2) is 4.30. The standard InChI is InChI=1S/C14H15NS/c1-2-4-14-12(3-1)9-13(15-14)6-5-11-7-8-16-10-11/h1-4,7-8,10,13,15H,5-6,9H2. The number of fused-ring (bicyclic) bond motifs is 1. The van der Waals surface area contributed by atoms with Gasteiger partial charge in [-0.25, -0.2) is 0 Å². The van der Waals surface area contributed by atoms with Gasteiger partial charge in [0.2, 0.25) is 0 Å². The summed E-state index contributed by atoms with van der Waals surface area (Å²) in [4.78, 5) is 0. The Morgan fingerprint density at radius 3 is 3.00 bits per heavy atom. The van der Waals surface area contributed by atoms with E-state index in [9.17, 15) is 0 Å². The lowest BCUT2D eigenvalue weighted by Gasteiger charge is -2.09. The molecule has 82 valence electrons. The summed E-state index contributed by atoms with van der Waals surface area (Å²) in [6.07, 6.45) is 3.60. The SMILES string of the molecule is c1ccc2c(c1)CC(CCc1ccsc1)N2. The monoisotopic (exact) mass is 229 g/mol. The first-order valence-electron chi connectivity index (χ1n) is 5.77. The molecule has 0 aliphatic carbocycles. The second-order valence-corrected chi connectivity index (χ2v) is 5.15. The molecular formula is C14H15NS. The Balaban J connectivity index is 1.60. The van der Waals surface area contributed by atoms with Crippen molar-refractivity contribution >= 4 is 17.0 Å². The fourth-order valence-electron chi connectivity index (χ4n) is 2.33. The summed E-state index contributed by atoms with van der Waals surface area (Å²) >= 11 is 1.79. The molecule has 2 aromatic rings. The zero-order chi connectivity index (χ0) is 10.8. The Labute approximate surface area is 100 Å². The van der Waals surface area contributed by atoms with Crippen molar-refractivity contribution in [2.24, 2.45) is 0 Å². The summed E-state index contributed by atoms with van der Waals surface area (Å²) in [7, 11) is 0. The molecule has 0 saturated carbocycles. The molecule has 0 fully saturated rings. The molecule has 1 aliphatic heterocycles. The van der Waals surface area contributed by atoms with Gasteiger partial charge < -0.3 is 5.32 Å². The fraction of sp³-hybridized carbons (Fsp3) is 0.286. The maximum absolute atomic E-state index is 3.60. The van der Waals surface area contributed by atoms with E-state index in [0.717, 1.165) is 0 Å². The number of hydrogen-bond donors (Lipinski definition) is 1. The van der Waals surface area contributed by atoms with Crippen LogP contribution in [-0.4, -0.2) is 6.04 Å². The van der Waals surface area contributed by atoms with Gasteiger partial charge in [0.15, 0.2) is 0 Å². The molecular weight excluding hydrogens is 214 g/mol. The third-order valence-corrected chi connectivity index (χ3v) is 3.94. The molecule has 1 atom stereocenters. The highest BCUT2D eigenvalue weighted by atomic mass is 32.1. The summed E-state index contributed by atoms with van der Waals surface area (Å²) in [6, 6.07) is 11.5. The number of rotatable bonds is 3. The van der Waals surface area contributed by atoms with Crippen LogP contribution < -0.4 is 5.32 Å². The third kappa shape index (κ3) is 1.98. The number of nitrogens with one attached hydrogen (secondary N) is 1. The van der Waals surface area contributed by atoms with E-state index in [1.165, 1.54) is 36.1 Å². The molecule has 1 nitrogen and oxygen atoms in total. The Bertz CT molecular complexity index is 436. The van der Waals surface area contributed by atoms with Crippen molar-refractivity contribution in [3.63, 3.8) is 0 Å². The zero-order valence-corrected chi connectivity index (χ0v) is 9.96. The van der Waals surface area contributed by atoms with Gasteiger partial charge in [0.1, 0.15) is 0 Å². The van der Waals surface area contributed by atoms with E-state index in [0.29, 0.717) is 6.04 Å². The highest BCUT2D eigenvalue weighted by molar-refractivity contribution is 7.07. The average molecular weight is 229 g/mol. The first-order valence-corrected chi connectivity index (χ1v) is 6.71. The van der Waals surface area contributed by atoms with E-state index in [4.69, 9.17) is 0 Å². The van der Waals surface area contributed by atoms with Crippen LogP contribution in [0, 0.1) is 0 Å². The summed E-state index contributed by atoms with van der Waals surface area (Å²) in [6.45, 7) is 0. The molecule has 3 rings (SSSR count). The van der Waals surface area contributed by atoms with Crippen molar-refractivity contribution in [1.29, 1.82) is 0 Å². The average Bonchev–Trinajstić information content (AvgIpc) is 2.95. The van der Waals surface area contributed by atoms with Gasteiger partial charge in [-0.2, -0.15) is 11.3 Å².